The van der Waals surface area contributed by atoms with Crippen molar-refractivity contribution < 1.29 is 0 Å². The summed E-state index contributed by atoms with van der Waals surface area (Å²) in [4.78, 5) is 30.4. The molecule has 1 N–H and O–H groups in total. The van der Waals surface area contributed by atoms with Crippen molar-refractivity contribution in [2.75, 3.05) is 0 Å². The van der Waals surface area contributed by atoms with Crippen LogP contribution in [-0.4, -0.2) is 19.1 Å². The van der Waals surface area contributed by atoms with Crippen LogP contribution < -0.4 is 11.2 Å². The zero-order chi connectivity index (χ0) is 11.7. The topological polar surface area (TPSA) is 72.7 Å². The van der Waals surface area contributed by atoms with Gasteiger partial charge in [0.1, 0.15) is 5.52 Å². The number of nitrogens with one attached hydrogen (secondary N) is 1. The molecule has 0 saturated heterocycles. The van der Waals surface area contributed by atoms with Gasteiger partial charge in [0.05, 0.1) is 6.33 Å². The van der Waals surface area contributed by atoms with Gasteiger partial charge in [-0.1, -0.05) is 6.08 Å². The van der Waals surface area contributed by atoms with Gasteiger partial charge in [-0.15, -0.1) is 6.58 Å². The fraction of sp³-hybridized carbons (Fsp3) is 0.300. The summed E-state index contributed by atoms with van der Waals surface area (Å²) in [5.41, 5.74) is 0.0416. The summed E-state index contributed by atoms with van der Waals surface area (Å²) in [5.74, 6) is 0. The van der Waals surface area contributed by atoms with Gasteiger partial charge in [-0.25, -0.2) is 9.78 Å². The first-order valence-electron chi connectivity index (χ1n) is 4.90. The molecule has 0 aliphatic rings. The van der Waals surface area contributed by atoms with Crippen LogP contribution in [0.2, 0.25) is 0 Å². The van der Waals surface area contributed by atoms with E-state index in [0.717, 1.165) is 0 Å². The minimum Gasteiger partial charge on any atom is -0.339 e. The highest BCUT2D eigenvalue weighted by Gasteiger charge is 2.11. The average Bonchev–Trinajstić information content (AvgIpc) is 2.75. The first-order valence-corrected chi connectivity index (χ1v) is 4.90. The standard InChI is InChI=1S/C10H12N4O2/c1-3-4-5-14-9(15)7-8(12-6-11-7)13(2)10(14)16/h3,6H,1,4-5H2,2H3,(H,11,12). The molecule has 0 fully saturated rings. The Hall–Kier alpha value is -2.11. The van der Waals surface area contributed by atoms with Crippen molar-refractivity contribution in [2.45, 2.75) is 13.0 Å². The van der Waals surface area contributed by atoms with Crippen LogP contribution in [0, 0.1) is 0 Å². The molecule has 2 aromatic rings. The number of H-pyrrole nitrogens is 1. The summed E-state index contributed by atoms with van der Waals surface area (Å²) in [6.07, 6.45) is 3.65. The fourth-order valence-electron chi connectivity index (χ4n) is 1.61. The molecule has 84 valence electrons. The molecule has 0 saturated carbocycles. The number of nitrogens with zero attached hydrogens (tertiary/aromatic N) is 3. The van der Waals surface area contributed by atoms with E-state index >= 15 is 0 Å². The van der Waals surface area contributed by atoms with E-state index < -0.39 is 0 Å². The van der Waals surface area contributed by atoms with Gasteiger partial charge in [0.25, 0.3) is 5.56 Å². The van der Waals surface area contributed by atoms with Crippen molar-refractivity contribution >= 4 is 11.2 Å². The average molecular weight is 220 g/mol. The predicted octanol–water partition coefficient (Wildman–Crippen LogP) is -0.000600. The highest BCUT2D eigenvalue weighted by Crippen LogP contribution is 1.99. The third-order valence-electron chi connectivity index (χ3n) is 2.47. The quantitative estimate of drug-likeness (QED) is 0.740. The molecule has 0 amide bonds. The van der Waals surface area contributed by atoms with Gasteiger partial charge < -0.3 is 4.98 Å². The molecule has 0 unspecified atom stereocenters. The van der Waals surface area contributed by atoms with Crippen molar-refractivity contribution in [3.8, 4) is 0 Å². The van der Waals surface area contributed by atoms with E-state index in [1.165, 1.54) is 15.5 Å². The Balaban J connectivity index is 2.78. The molecule has 6 nitrogen and oxygen atoms in total. The number of aryl methyl sites for hydroxylation is 1. The molecule has 16 heavy (non-hydrogen) atoms. The van der Waals surface area contributed by atoms with Gasteiger partial charge in [0, 0.05) is 13.6 Å². The van der Waals surface area contributed by atoms with E-state index in [1.54, 1.807) is 13.1 Å². The highest BCUT2D eigenvalue weighted by atomic mass is 16.2. The van der Waals surface area contributed by atoms with Crippen LogP contribution in [0.5, 0.6) is 0 Å². The number of aromatic nitrogens is 4. The lowest BCUT2D eigenvalue weighted by atomic mass is 10.4. The molecule has 2 aromatic heterocycles. The fourth-order valence-corrected chi connectivity index (χ4v) is 1.61. The number of aromatic amines is 1. The Morgan fingerprint density at radius 3 is 3.00 bits per heavy atom. The molecule has 2 heterocycles. The van der Waals surface area contributed by atoms with Crippen LogP contribution in [0.3, 0.4) is 0 Å². The molecule has 2 rings (SSSR count). The third-order valence-corrected chi connectivity index (χ3v) is 2.47. The molecule has 0 aliphatic heterocycles. The van der Waals surface area contributed by atoms with Crippen molar-refractivity contribution in [1.29, 1.82) is 0 Å². The number of allylic oxidation sites excluding steroid dienone is 1. The predicted molar refractivity (Wildman–Crippen MR) is 60.4 cm³/mol. The molecule has 0 bridgehead atoms. The molecule has 0 aromatic carbocycles. The molecule has 0 aliphatic carbocycles. The van der Waals surface area contributed by atoms with E-state index in [2.05, 4.69) is 16.5 Å². The Kier molecular flexibility index (Phi) is 2.47. The summed E-state index contributed by atoms with van der Waals surface area (Å²) in [6.45, 7) is 3.90. The van der Waals surface area contributed by atoms with Crippen LogP contribution in [0.1, 0.15) is 6.42 Å². The molecule has 0 radical (unpaired) electrons. The lowest BCUT2D eigenvalue weighted by Gasteiger charge is -2.05. The summed E-state index contributed by atoms with van der Waals surface area (Å²) in [5, 5.41) is 0. The second-order valence-electron chi connectivity index (χ2n) is 3.48. The number of hydrogen-bond acceptors (Lipinski definition) is 3. The molecular weight excluding hydrogens is 208 g/mol. The molecule has 0 spiro atoms. The zero-order valence-corrected chi connectivity index (χ0v) is 8.93. The van der Waals surface area contributed by atoms with Crippen LogP contribution >= 0.6 is 0 Å². The van der Waals surface area contributed by atoms with Gasteiger partial charge >= 0.3 is 5.69 Å². The largest absolute Gasteiger partial charge is 0.339 e. The SMILES string of the molecule is C=CCCn1c(=O)c2[nH]cnc2n(C)c1=O. The van der Waals surface area contributed by atoms with Crippen LogP contribution in [-0.2, 0) is 13.6 Å². The van der Waals surface area contributed by atoms with E-state index in [1.807, 2.05) is 0 Å². The third kappa shape index (κ3) is 1.39. The van der Waals surface area contributed by atoms with Gasteiger partial charge in [0.15, 0.2) is 5.65 Å². The zero-order valence-electron chi connectivity index (χ0n) is 8.93. The molecule has 0 atom stereocenters. The number of hydrogen-bond donors (Lipinski definition) is 1. The molecular formula is C10H12N4O2. The maximum Gasteiger partial charge on any atom is 0.332 e. The Morgan fingerprint density at radius 1 is 1.56 bits per heavy atom. The van der Waals surface area contributed by atoms with E-state index in [0.29, 0.717) is 24.1 Å². The van der Waals surface area contributed by atoms with Gasteiger partial charge in [-0.3, -0.25) is 13.9 Å². The van der Waals surface area contributed by atoms with Crippen molar-refractivity contribution in [1.82, 2.24) is 19.1 Å². The van der Waals surface area contributed by atoms with E-state index in [9.17, 15) is 9.59 Å². The minimum absolute atomic E-state index is 0.336. The summed E-state index contributed by atoms with van der Waals surface area (Å²) in [6, 6.07) is 0. The van der Waals surface area contributed by atoms with Crippen molar-refractivity contribution in [2.24, 2.45) is 7.05 Å². The minimum atomic E-state index is -0.355. The lowest BCUT2D eigenvalue weighted by Crippen LogP contribution is -2.39. The first-order chi connectivity index (χ1) is 7.66. The second-order valence-corrected chi connectivity index (χ2v) is 3.48. The number of fused-ring (bicyclic) bond motifs is 1. The van der Waals surface area contributed by atoms with E-state index in [4.69, 9.17) is 0 Å². The van der Waals surface area contributed by atoms with Gasteiger partial charge in [-0.2, -0.15) is 0 Å². The summed E-state index contributed by atoms with van der Waals surface area (Å²) < 4.78 is 2.54. The second kappa shape index (κ2) is 3.80. The number of rotatable bonds is 3. The maximum absolute atomic E-state index is 11.9. The summed E-state index contributed by atoms with van der Waals surface area (Å²) in [7, 11) is 1.59. The van der Waals surface area contributed by atoms with Crippen LogP contribution in [0.25, 0.3) is 11.2 Å². The Morgan fingerprint density at radius 2 is 2.31 bits per heavy atom. The maximum atomic E-state index is 11.9. The lowest BCUT2D eigenvalue weighted by molar-refractivity contribution is 0.610. The van der Waals surface area contributed by atoms with Crippen LogP contribution in [0.15, 0.2) is 28.6 Å². The Bertz CT molecular complexity index is 647. The normalized spacial score (nSPS) is 10.8. The van der Waals surface area contributed by atoms with Crippen molar-refractivity contribution in [3.05, 3.63) is 39.8 Å². The number of imidazole rings is 1. The Labute approximate surface area is 90.9 Å². The highest BCUT2D eigenvalue weighted by molar-refractivity contribution is 5.68. The van der Waals surface area contributed by atoms with E-state index in [-0.39, 0.29) is 11.2 Å². The van der Waals surface area contributed by atoms with Crippen molar-refractivity contribution in [3.63, 3.8) is 0 Å². The van der Waals surface area contributed by atoms with Gasteiger partial charge in [0.2, 0.25) is 0 Å². The van der Waals surface area contributed by atoms with Gasteiger partial charge in [-0.05, 0) is 6.42 Å². The van der Waals surface area contributed by atoms with Crippen LogP contribution in [0.4, 0.5) is 0 Å². The monoisotopic (exact) mass is 220 g/mol. The summed E-state index contributed by atoms with van der Waals surface area (Å²) >= 11 is 0. The molecule has 6 heteroatoms. The smallest absolute Gasteiger partial charge is 0.332 e. The first kappa shape index (κ1) is 10.4.